The standard InChI is InChI=1S/C23H23FN2O2/c1-28-22-10-15(5-8-20(22)24)11-25-12-16(14-27)9-17-6-7-18-13-26-21-4-2-3-19(17)23(18)21/h2-5,8-10,13-14,16,25-26H,6-7,11-12H2,1H3/b17-9+. The molecule has 4 rings (SSSR count). The van der Waals surface area contributed by atoms with Gasteiger partial charge in [0.25, 0.3) is 0 Å². The number of halogens is 1. The van der Waals surface area contributed by atoms with Crippen LogP contribution in [0.1, 0.15) is 23.1 Å². The van der Waals surface area contributed by atoms with E-state index < -0.39 is 0 Å². The van der Waals surface area contributed by atoms with Crippen molar-refractivity contribution in [2.45, 2.75) is 19.4 Å². The molecular formula is C23H23FN2O2. The zero-order valence-electron chi connectivity index (χ0n) is 15.8. The number of H-pyrrole nitrogens is 1. The summed E-state index contributed by atoms with van der Waals surface area (Å²) in [5, 5.41) is 4.57. The summed E-state index contributed by atoms with van der Waals surface area (Å²) in [6.45, 7) is 1.07. The van der Waals surface area contributed by atoms with Gasteiger partial charge in [-0.05, 0) is 53.3 Å². The number of nitrogens with one attached hydrogen (secondary N) is 2. The third-order valence-electron chi connectivity index (χ3n) is 5.31. The number of ether oxygens (including phenoxy) is 1. The molecule has 2 aromatic carbocycles. The largest absolute Gasteiger partial charge is 0.494 e. The zero-order valence-corrected chi connectivity index (χ0v) is 15.8. The van der Waals surface area contributed by atoms with Crippen LogP contribution in [0.3, 0.4) is 0 Å². The first-order chi connectivity index (χ1) is 13.7. The fraction of sp³-hybridized carbons (Fsp3) is 0.261. The molecule has 0 amide bonds. The van der Waals surface area contributed by atoms with Gasteiger partial charge in [0.2, 0.25) is 0 Å². The van der Waals surface area contributed by atoms with Gasteiger partial charge in [0.15, 0.2) is 11.6 Å². The van der Waals surface area contributed by atoms with Gasteiger partial charge >= 0.3 is 0 Å². The Kier molecular flexibility index (Phi) is 5.26. The number of methoxy groups -OCH3 is 1. The van der Waals surface area contributed by atoms with Crippen molar-refractivity contribution in [2.24, 2.45) is 5.92 Å². The van der Waals surface area contributed by atoms with Crippen LogP contribution in [0.25, 0.3) is 16.5 Å². The van der Waals surface area contributed by atoms with Crippen LogP contribution >= 0.6 is 0 Å². The molecule has 1 unspecified atom stereocenters. The molecule has 4 nitrogen and oxygen atoms in total. The van der Waals surface area contributed by atoms with Gasteiger partial charge in [-0.3, -0.25) is 0 Å². The van der Waals surface area contributed by atoms with Crippen molar-refractivity contribution in [3.05, 3.63) is 71.2 Å². The lowest BCUT2D eigenvalue weighted by Gasteiger charge is -2.18. The summed E-state index contributed by atoms with van der Waals surface area (Å²) < 4.78 is 18.5. The number of benzene rings is 2. The summed E-state index contributed by atoms with van der Waals surface area (Å²) in [6.07, 6.45) is 7.06. The van der Waals surface area contributed by atoms with E-state index in [1.807, 2.05) is 6.07 Å². The van der Waals surface area contributed by atoms with Crippen molar-refractivity contribution >= 4 is 22.8 Å². The third-order valence-corrected chi connectivity index (χ3v) is 5.31. The third kappa shape index (κ3) is 3.58. The highest BCUT2D eigenvalue weighted by Crippen LogP contribution is 2.36. The molecule has 1 atom stereocenters. The minimum Gasteiger partial charge on any atom is -0.494 e. The van der Waals surface area contributed by atoms with E-state index in [0.29, 0.717) is 13.1 Å². The number of aromatic amines is 1. The number of hydrogen-bond donors (Lipinski definition) is 2. The maximum absolute atomic E-state index is 13.5. The van der Waals surface area contributed by atoms with E-state index in [9.17, 15) is 9.18 Å². The lowest BCUT2D eigenvalue weighted by atomic mass is 9.87. The maximum atomic E-state index is 13.5. The first-order valence-electron chi connectivity index (χ1n) is 9.48. The SMILES string of the molecule is COc1cc(CNCC(C=O)/C=C2\CCc3c[nH]c4cccc2c34)ccc1F. The molecule has 28 heavy (non-hydrogen) atoms. The van der Waals surface area contributed by atoms with E-state index in [4.69, 9.17) is 4.74 Å². The second kappa shape index (κ2) is 7.98. The molecule has 3 aromatic rings. The summed E-state index contributed by atoms with van der Waals surface area (Å²) in [7, 11) is 1.45. The normalized spacial score (nSPS) is 15.7. The fourth-order valence-corrected chi connectivity index (χ4v) is 3.90. The minimum absolute atomic E-state index is 0.215. The Morgan fingerprint density at radius 3 is 3.00 bits per heavy atom. The number of hydrogen-bond acceptors (Lipinski definition) is 3. The first kappa shape index (κ1) is 18.4. The van der Waals surface area contributed by atoms with E-state index in [2.05, 4.69) is 34.7 Å². The topological polar surface area (TPSA) is 54.1 Å². The quantitative estimate of drug-likeness (QED) is 0.605. The lowest BCUT2D eigenvalue weighted by molar-refractivity contribution is -0.109. The molecule has 0 bridgehead atoms. The Morgan fingerprint density at radius 2 is 2.18 bits per heavy atom. The van der Waals surface area contributed by atoms with Gasteiger partial charge in [0, 0.05) is 36.1 Å². The van der Waals surface area contributed by atoms with E-state index in [0.717, 1.165) is 30.2 Å². The molecule has 1 aromatic heterocycles. The van der Waals surface area contributed by atoms with Gasteiger partial charge in [0.05, 0.1) is 7.11 Å². The summed E-state index contributed by atoms with van der Waals surface area (Å²) in [4.78, 5) is 15.0. The van der Waals surface area contributed by atoms with Crippen LogP contribution in [0.5, 0.6) is 5.75 Å². The molecule has 144 valence electrons. The maximum Gasteiger partial charge on any atom is 0.165 e. The molecule has 0 radical (unpaired) electrons. The van der Waals surface area contributed by atoms with Crippen LogP contribution in [0.2, 0.25) is 0 Å². The van der Waals surface area contributed by atoms with Gasteiger partial charge in [-0.15, -0.1) is 0 Å². The van der Waals surface area contributed by atoms with Crippen LogP contribution in [0, 0.1) is 11.7 Å². The van der Waals surface area contributed by atoms with Gasteiger partial charge < -0.3 is 19.8 Å². The monoisotopic (exact) mass is 378 g/mol. The molecule has 1 aliphatic rings. The Morgan fingerprint density at radius 1 is 1.29 bits per heavy atom. The highest BCUT2D eigenvalue weighted by atomic mass is 19.1. The van der Waals surface area contributed by atoms with Crippen LogP contribution in [-0.2, 0) is 17.8 Å². The van der Waals surface area contributed by atoms with Gasteiger partial charge in [0.1, 0.15) is 6.29 Å². The molecule has 2 N–H and O–H groups in total. The molecule has 5 heteroatoms. The van der Waals surface area contributed by atoms with Crippen molar-refractivity contribution in [1.82, 2.24) is 10.3 Å². The van der Waals surface area contributed by atoms with Crippen molar-refractivity contribution in [2.75, 3.05) is 13.7 Å². The second-order valence-electron chi connectivity index (χ2n) is 7.13. The van der Waals surface area contributed by atoms with Crippen LogP contribution in [0.4, 0.5) is 4.39 Å². The summed E-state index contributed by atoms with van der Waals surface area (Å²) in [5.74, 6) is -0.364. The van der Waals surface area contributed by atoms with Crippen molar-refractivity contribution in [3.8, 4) is 5.75 Å². The van der Waals surface area contributed by atoms with Gasteiger partial charge in [-0.2, -0.15) is 0 Å². The number of rotatable bonds is 7. The smallest absolute Gasteiger partial charge is 0.165 e. The Bertz CT molecular complexity index is 1040. The number of aryl methyl sites for hydroxylation is 1. The van der Waals surface area contributed by atoms with Crippen LogP contribution in [0.15, 0.2) is 48.7 Å². The van der Waals surface area contributed by atoms with Crippen molar-refractivity contribution in [1.29, 1.82) is 0 Å². The molecular weight excluding hydrogens is 355 g/mol. The second-order valence-corrected chi connectivity index (χ2v) is 7.13. The molecule has 1 heterocycles. The number of aldehydes is 1. The van der Waals surface area contributed by atoms with E-state index in [1.54, 1.807) is 12.1 Å². The number of aromatic nitrogens is 1. The first-order valence-corrected chi connectivity index (χ1v) is 9.48. The Balaban J connectivity index is 1.46. The summed E-state index contributed by atoms with van der Waals surface area (Å²) in [5.41, 5.74) is 5.84. The van der Waals surface area contributed by atoms with Crippen LogP contribution in [-0.4, -0.2) is 24.9 Å². The van der Waals surface area contributed by atoms with E-state index >= 15 is 0 Å². The summed E-state index contributed by atoms with van der Waals surface area (Å²) in [6, 6.07) is 11.0. The molecule has 1 aliphatic carbocycles. The lowest BCUT2D eigenvalue weighted by Crippen LogP contribution is -2.22. The fourth-order valence-electron chi connectivity index (χ4n) is 3.90. The highest BCUT2D eigenvalue weighted by molar-refractivity contribution is 5.97. The summed E-state index contributed by atoms with van der Waals surface area (Å²) >= 11 is 0. The van der Waals surface area contributed by atoms with Gasteiger partial charge in [-0.25, -0.2) is 4.39 Å². The Hall–Kier alpha value is -2.92. The van der Waals surface area contributed by atoms with Crippen molar-refractivity contribution in [3.63, 3.8) is 0 Å². The minimum atomic E-state index is -0.377. The van der Waals surface area contributed by atoms with E-state index in [1.165, 1.54) is 35.3 Å². The zero-order chi connectivity index (χ0) is 19.5. The molecule has 0 saturated carbocycles. The predicted molar refractivity (Wildman–Crippen MR) is 109 cm³/mol. The average Bonchev–Trinajstić information content (AvgIpc) is 3.15. The molecule has 0 fully saturated rings. The van der Waals surface area contributed by atoms with Crippen LogP contribution < -0.4 is 10.1 Å². The molecule has 0 aliphatic heterocycles. The number of carbonyl (C=O) groups excluding carboxylic acids is 1. The number of allylic oxidation sites excluding steroid dienone is 1. The Labute approximate surface area is 163 Å². The molecule has 0 saturated heterocycles. The highest BCUT2D eigenvalue weighted by Gasteiger charge is 2.18. The predicted octanol–water partition coefficient (Wildman–Crippen LogP) is 4.25. The molecule has 0 spiro atoms. The van der Waals surface area contributed by atoms with E-state index in [-0.39, 0.29) is 17.5 Å². The average molecular weight is 378 g/mol. The number of carbonyl (C=O) groups is 1. The van der Waals surface area contributed by atoms with Gasteiger partial charge in [-0.1, -0.05) is 24.3 Å². The van der Waals surface area contributed by atoms with Crippen molar-refractivity contribution < 1.29 is 13.9 Å².